The van der Waals surface area contributed by atoms with Crippen molar-refractivity contribution in [2.45, 2.75) is 25.7 Å². The van der Waals surface area contributed by atoms with Crippen molar-refractivity contribution in [2.75, 3.05) is 20.3 Å². The zero-order valence-electron chi connectivity index (χ0n) is 12.0. The molecule has 0 aliphatic heterocycles. The molecular formula is C14H20N2O5. The van der Waals surface area contributed by atoms with Crippen molar-refractivity contribution in [1.29, 1.82) is 0 Å². The summed E-state index contributed by atoms with van der Waals surface area (Å²) in [5.74, 6) is -0.330. The highest BCUT2D eigenvalue weighted by Gasteiger charge is 2.24. The Balaban J connectivity index is 2.66. The summed E-state index contributed by atoms with van der Waals surface area (Å²) in [7, 11) is 1.37. The molecule has 0 bridgehead atoms. The molecule has 1 aromatic carbocycles. The van der Waals surface area contributed by atoms with Gasteiger partial charge in [0.15, 0.2) is 5.56 Å². The van der Waals surface area contributed by atoms with Crippen LogP contribution < -0.4 is 10.1 Å². The minimum atomic E-state index is -0.599. The van der Waals surface area contributed by atoms with E-state index in [4.69, 9.17) is 9.84 Å². The van der Waals surface area contributed by atoms with Gasteiger partial charge in [0, 0.05) is 19.2 Å². The second kappa shape index (κ2) is 8.91. The lowest BCUT2D eigenvalue weighted by molar-refractivity contribution is -0.385. The minimum Gasteiger partial charge on any atom is -0.496 e. The molecule has 1 aromatic rings. The molecule has 0 heterocycles. The van der Waals surface area contributed by atoms with Crippen LogP contribution >= 0.6 is 0 Å². The summed E-state index contributed by atoms with van der Waals surface area (Å²) in [5.41, 5.74) is -0.326. The molecule has 0 spiro atoms. The van der Waals surface area contributed by atoms with Crippen LogP contribution in [-0.2, 0) is 0 Å². The highest BCUT2D eigenvalue weighted by Crippen LogP contribution is 2.27. The third-order valence-electron chi connectivity index (χ3n) is 3.02. The summed E-state index contributed by atoms with van der Waals surface area (Å²) in [4.78, 5) is 22.5. The van der Waals surface area contributed by atoms with Gasteiger partial charge in [0.25, 0.3) is 11.6 Å². The predicted molar refractivity (Wildman–Crippen MR) is 77.5 cm³/mol. The molecule has 0 atom stereocenters. The summed E-state index contributed by atoms with van der Waals surface area (Å²) in [6.07, 6.45) is 3.27. The van der Waals surface area contributed by atoms with E-state index in [1.165, 1.54) is 25.3 Å². The maximum atomic E-state index is 12.1. The van der Waals surface area contributed by atoms with Crippen LogP contribution in [0.4, 0.5) is 5.69 Å². The average molecular weight is 296 g/mol. The van der Waals surface area contributed by atoms with Gasteiger partial charge < -0.3 is 15.2 Å². The number of carbonyl (C=O) groups is 1. The Hall–Kier alpha value is -2.15. The van der Waals surface area contributed by atoms with Crippen molar-refractivity contribution in [2.24, 2.45) is 0 Å². The van der Waals surface area contributed by atoms with E-state index in [1.54, 1.807) is 0 Å². The quantitative estimate of drug-likeness (QED) is 0.411. The van der Waals surface area contributed by atoms with Gasteiger partial charge in [-0.15, -0.1) is 0 Å². The topological polar surface area (TPSA) is 102 Å². The monoisotopic (exact) mass is 296 g/mol. The van der Waals surface area contributed by atoms with Gasteiger partial charge in [-0.25, -0.2) is 0 Å². The van der Waals surface area contributed by atoms with Gasteiger partial charge in [0.05, 0.1) is 12.0 Å². The number of carbonyl (C=O) groups excluding carboxylic acids is 1. The van der Waals surface area contributed by atoms with Crippen molar-refractivity contribution in [3.8, 4) is 5.75 Å². The second-order valence-electron chi connectivity index (χ2n) is 4.51. The Labute approximate surface area is 123 Å². The number of aliphatic hydroxyl groups excluding tert-OH is 1. The zero-order chi connectivity index (χ0) is 15.7. The van der Waals surface area contributed by atoms with Crippen molar-refractivity contribution >= 4 is 11.6 Å². The maximum Gasteiger partial charge on any atom is 0.285 e. The lowest BCUT2D eigenvalue weighted by Gasteiger charge is -2.09. The largest absolute Gasteiger partial charge is 0.496 e. The molecule has 0 fully saturated rings. The number of methoxy groups -OCH3 is 1. The number of benzene rings is 1. The molecule has 0 saturated carbocycles. The maximum absolute atomic E-state index is 12.1. The van der Waals surface area contributed by atoms with E-state index in [1.807, 2.05) is 0 Å². The van der Waals surface area contributed by atoms with Gasteiger partial charge in [-0.3, -0.25) is 14.9 Å². The van der Waals surface area contributed by atoms with Gasteiger partial charge in [0.1, 0.15) is 5.75 Å². The summed E-state index contributed by atoms with van der Waals surface area (Å²) in [6, 6.07) is 4.27. The fraction of sp³-hybridized carbons (Fsp3) is 0.500. The minimum absolute atomic E-state index is 0.0552. The first-order valence-electron chi connectivity index (χ1n) is 6.82. The first-order valence-corrected chi connectivity index (χ1v) is 6.82. The Morgan fingerprint density at radius 3 is 2.67 bits per heavy atom. The Kier molecular flexibility index (Phi) is 7.17. The number of rotatable bonds is 9. The number of hydrogen-bond donors (Lipinski definition) is 2. The normalized spacial score (nSPS) is 10.2. The van der Waals surface area contributed by atoms with E-state index in [0.29, 0.717) is 6.54 Å². The fourth-order valence-corrected chi connectivity index (χ4v) is 1.95. The molecule has 1 rings (SSSR count). The molecular weight excluding hydrogens is 276 g/mol. The molecule has 0 radical (unpaired) electrons. The number of nitro groups is 1. The molecule has 7 heteroatoms. The molecule has 0 aliphatic carbocycles. The van der Waals surface area contributed by atoms with Gasteiger partial charge in [-0.2, -0.15) is 0 Å². The second-order valence-corrected chi connectivity index (χ2v) is 4.51. The fourth-order valence-electron chi connectivity index (χ4n) is 1.95. The Morgan fingerprint density at radius 2 is 2.05 bits per heavy atom. The number of nitrogens with zero attached hydrogens (tertiary/aromatic N) is 1. The predicted octanol–water partition coefficient (Wildman–Crippen LogP) is 1.89. The van der Waals surface area contributed by atoms with E-state index < -0.39 is 10.8 Å². The zero-order valence-corrected chi connectivity index (χ0v) is 12.0. The number of unbranched alkanes of at least 4 members (excludes halogenated alkanes) is 3. The number of amides is 1. The first kappa shape index (κ1) is 16.9. The lowest BCUT2D eigenvalue weighted by Crippen LogP contribution is -2.25. The van der Waals surface area contributed by atoms with Crippen LogP contribution in [0.15, 0.2) is 18.2 Å². The Morgan fingerprint density at radius 1 is 1.33 bits per heavy atom. The standard InChI is InChI=1S/C14H20N2O5/c1-21-12-8-6-7-11(16(19)20)13(12)14(18)15-9-4-2-3-5-10-17/h6-8,17H,2-5,9-10H2,1H3,(H,15,18). The van der Waals surface area contributed by atoms with Crippen molar-refractivity contribution in [3.05, 3.63) is 33.9 Å². The van der Waals surface area contributed by atoms with Gasteiger partial charge in [-0.1, -0.05) is 18.9 Å². The highest BCUT2D eigenvalue weighted by atomic mass is 16.6. The van der Waals surface area contributed by atoms with Gasteiger partial charge in [0.2, 0.25) is 0 Å². The van der Waals surface area contributed by atoms with Crippen molar-refractivity contribution in [1.82, 2.24) is 5.32 Å². The summed E-state index contributed by atoms with van der Waals surface area (Å²) < 4.78 is 5.02. The summed E-state index contributed by atoms with van der Waals surface area (Å²) in [6.45, 7) is 0.596. The SMILES string of the molecule is COc1cccc([N+](=O)[O-])c1C(=O)NCCCCCCO. The average Bonchev–Trinajstić information content (AvgIpc) is 2.49. The first-order chi connectivity index (χ1) is 10.1. The van der Waals surface area contributed by atoms with Crippen LogP contribution in [0.25, 0.3) is 0 Å². The van der Waals surface area contributed by atoms with E-state index in [9.17, 15) is 14.9 Å². The number of aliphatic hydroxyl groups is 1. The van der Waals surface area contributed by atoms with Gasteiger partial charge >= 0.3 is 0 Å². The smallest absolute Gasteiger partial charge is 0.285 e. The van der Waals surface area contributed by atoms with Crippen LogP contribution in [0.1, 0.15) is 36.0 Å². The van der Waals surface area contributed by atoms with Crippen LogP contribution in [0.2, 0.25) is 0 Å². The molecule has 0 saturated heterocycles. The number of ether oxygens (including phenoxy) is 1. The van der Waals surface area contributed by atoms with Crippen LogP contribution in [-0.4, -0.2) is 36.2 Å². The van der Waals surface area contributed by atoms with E-state index >= 15 is 0 Å². The van der Waals surface area contributed by atoms with E-state index in [2.05, 4.69) is 5.32 Å². The molecule has 0 unspecified atom stereocenters. The van der Waals surface area contributed by atoms with Gasteiger partial charge in [-0.05, 0) is 18.9 Å². The number of nitro benzene ring substituents is 1. The molecule has 0 aromatic heterocycles. The van der Waals surface area contributed by atoms with Crippen LogP contribution in [0.5, 0.6) is 5.75 Å². The number of hydrogen-bond acceptors (Lipinski definition) is 5. The molecule has 1 amide bonds. The summed E-state index contributed by atoms with van der Waals surface area (Å²) >= 11 is 0. The lowest BCUT2D eigenvalue weighted by atomic mass is 10.1. The number of nitrogens with one attached hydrogen (secondary N) is 1. The highest BCUT2D eigenvalue weighted by molar-refractivity contribution is 6.00. The third-order valence-corrected chi connectivity index (χ3v) is 3.02. The van der Waals surface area contributed by atoms with Crippen LogP contribution in [0.3, 0.4) is 0 Å². The molecule has 21 heavy (non-hydrogen) atoms. The van der Waals surface area contributed by atoms with E-state index in [0.717, 1.165) is 25.7 Å². The Bertz CT molecular complexity index is 490. The molecule has 0 aliphatic rings. The third kappa shape index (κ3) is 5.03. The molecule has 116 valence electrons. The van der Waals surface area contributed by atoms with Crippen LogP contribution in [0, 0.1) is 10.1 Å². The van der Waals surface area contributed by atoms with E-state index in [-0.39, 0.29) is 23.6 Å². The van der Waals surface area contributed by atoms with Crippen molar-refractivity contribution in [3.63, 3.8) is 0 Å². The molecule has 2 N–H and O–H groups in total. The summed E-state index contributed by atoms with van der Waals surface area (Å²) in [5, 5.41) is 22.3. The molecule has 7 nitrogen and oxygen atoms in total. The van der Waals surface area contributed by atoms with Crippen molar-refractivity contribution < 1.29 is 19.6 Å².